The van der Waals surface area contributed by atoms with Crippen LogP contribution < -0.4 is 4.74 Å². The van der Waals surface area contributed by atoms with Crippen LogP contribution in [0.2, 0.25) is 0 Å². The molecule has 0 saturated heterocycles. The van der Waals surface area contributed by atoms with Crippen molar-refractivity contribution in [3.05, 3.63) is 47.4 Å². The van der Waals surface area contributed by atoms with Crippen molar-refractivity contribution in [1.29, 1.82) is 10.5 Å². The fourth-order valence-electron chi connectivity index (χ4n) is 1.78. The molecule has 0 bridgehead atoms. The Balaban J connectivity index is 2.88. The Labute approximate surface area is 109 Å². The average Bonchev–Trinajstić information content (AvgIpc) is 2.46. The number of halogens is 1. The number of aromatic nitrogens is 1. The first-order valence-electron chi connectivity index (χ1n) is 5.36. The van der Waals surface area contributed by atoms with Crippen LogP contribution in [0.1, 0.15) is 11.1 Å². The van der Waals surface area contributed by atoms with Crippen molar-refractivity contribution in [2.45, 2.75) is 0 Å². The van der Waals surface area contributed by atoms with Crippen molar-refractivity contribution >= 4 is 0 Å². The van der Waals surface area contributed by atoms with E-state index in [1.54, 1.807) is 36.4 Å². The molecule has 0 aliphatic heterocycles. The maximum Gasteiger partial charge on any atom is 0.234 e. The predicted molar refractivity (Wildman–Crippen MR) is 65.6 cm³/mol. The number of hydrogen-bond acceptors (Lipinski definition) is 4. The molecule has 1 aromatic heterocycles. The number of pyridine rings is 1. The zero-order valence-corrected chi connectivity index (χ0v) is 10.0. The van der Waals surface area contributed by atoms with Gasteiger partial charge in [-0.25, -0.2) is 0 Å². The maximum absolute atomic E-state index is 13.8. The Bertz CT molecular complexity index is 699. The van der Waals surface area contributed by atoms with Crippen LogP contribution in [0, 0.1) is 28.6 Å². The minimum absolute atomic E-state index is 0.0478. The van der Waals surface area contributed by atoms with Crippen molar-refractivity contribution in [3.63, 3.8) is 0 Å². The van der Waals surface area contributed by atoms with E-state index in [2.05, 4.69) is 4.98 Å². The highest BCUT2D eigenvalue weighted by Crippen LogP contribution is 2.32. The van der Waals surface area contributed by atoms with Crippen LogP contribution in [0.4, 0.5) is 4.39 Å². The molecule has 2 rings (SSSR count). The van der Waals surface area contributed by atoms with Gasteiger partial charge in [0.2, 0.25) is 11.8 Å². The Kier molecular flexibility index (Phi) is 3.40. The zero-order valence-electron chi connectivity index (χ0n) is 10.0. The Morgan fingerprint density at radius 2 is 1.74 bits per heavy atom. The third-order valence-electron chi connectivity index (χ3n) is 2.60. The van der Waals surface area contributed by atoms with Crippen molar-refractivity contribution in [3.8, 4) is 29.1 Å². The van der Waals surface area contributed by atoms with Crippen LogP contribution in [-0.2, 0) is 0 Å². The van der Waals surface area contributed by atoms with E-state index in [1.165, 1.54) is 7.11 Å². The monoisotopic (exact) mass is 253 g/mol. The van der Waals surface area contributed by atoms with Gasteiger partial charge in [0.25, 0.3) is 0 Å². The van der Waals surface area contributed by atoms with E-state index in [1.807, 2.05) is 6.07 Å². The summed E-state index contributed by atoms with van der Waals surface area (Å²) >= 11 is 0. The standard InChI is InChI=1S/C14H8FN3O/c1-19-14-11(8-17)12(9-5-3-2-4-6-9)10(7-16)13(15)18-14/h2-6H,1H3. The molecule has 0 fully saturated rings. The van der Waals surface area contributed by atoms with Gasteiger partial charge in [0, 0.05) is 5.56 Å². The molecular formula is C14H8FN3O. The van der Waals surface area contributed by atoms with Gasteiger partial charge in [0.1, 0.15) is 23.3 Å². The lowest BCUT2D eigenvalue weighted by molar-refractivity contribution is 0.386. The highest BCUT2D eigenvalue weighted by molar-refractivity contribution is 5.78. The van der Waals surface area contributed by atoms with Crippen molar-refractivity contribution < 1.29 is 9.13 Å². The van der Waals surface area contributed by atoms with Gasteiger partial charge in [-0.1, -0.05) is 30.3 Å². The minimum atomic E-state index is -0.947. The molecule has 0 N–H and O–H groups in total. The van der Waals surface area contributed by atoms with Crippen molar-refractivity contribution in [2.24, 2.45) is 0 Å². The minimum Gasteiger partial charge on any atom is -0.480 e. The lowest BCUT2D eigenvalue weighted by Gasteiger charge is -2.10. The number of nitrogens with zero attached hydrogens (tertiary/aromatic N) is 3. The second-order valence-electron chi connectivity index (χ2n) is 3.63. The molecular weight excluding hydrogens is 245 g/mol. The zero-order chi connectivity index (χ0) is 13.8. The van der Waals surface area contributed by atoms with E-state index < -0.39 is 5.95 Å². The lowest BCUT2D eigenvalue weighted by atomic mass is 9.97. The molecule has 1 heterocycles. The van der Waals surface area contributed by atoms with Crippen LogP contribution >= 0.6 is 0 Å². The number of rotatable bonds is 2. The summed E-state index contributed by atoms with van der Waals surface area (Å²) in [4.78, 5) is 3.49. The number of nitriles is 2. The van der Waals surface area contributed by atoms with Crippen LogP contribution in [0.3, 0.4) is 0 Å². The van der Waals surface area contributed by atoms with E-state index in [9.17, 15) is 9.65 Å². The number of benzene rings is 1. The third-order valence-corrected chi connectivity index (χ3v) is 2.60. The normalized spacial score (nSPS) is 9.47. The molecule has 0 saturated carbocycles. The van der Waals surface area contributed by atoms with Gasteiger partial charge in [-0.15, -0.1) is 0 Å². The van der Waals surface area contributed by atoms with Crippen LogP contribution in [-0.4, -0.2) is 12.1 Å². The van der Waals surface area contributed by atoms with Gasteiger partial charge in [0.05, 0.1) is 7.11 Å². The molecule has 0 spiro atoms. The van der Waals surface area contributed by atoms with Crippen LogP contribution in [0.15, 0.2) is 30.3 Å². The molecule has 1 aromatic carbocycles. The van der Waals surface area contributed by atoms with Crippen LogP contribution in [0.5, 0.6) is 5.88 Å². The second kappa shape index (κ2) is 5.16. The first kappa shape index (κ1) is 12.5. The van der Waals surface area contributed by atoms with Gasteiger partial charge >= 0.3 is 0 Å². The fourth-order valence-corrected chi connectivity index (χ4v) is 1.78. The first-order chi connectivity index (χ1) is 9.22. The highest BCUT2D eigenvalue weighted by atomic mass is 19.1. The number of methoxy groups -OCH3 is 1. The van der Waals surface area contributed by atoms with E-state index in [4.69, 9.17) is 10.00 Å². The summed E-state index contributed by atoms with van der Waals surface area (Å²) < 4.78 is 18.7. The second-order valence-corrected chi connectivity index (χ2v) is 3.63. The van der Waals surface area contributed by atoms with E-state index in [0.29, 0.717) is 5.56 Å². The van der Waals surface area contributed by atoms with Gasteiger partial charge in [0.15, 0.2) is 0 Å². The van der Waals surface area contributed by atoms with E-state index >= 15 is 0 Å². The maximum atomic E-state index is 13.8. The summed E-state index contributed by atoms with van der Waals surface area (Å²) in [6, 6.07) is 12.3. The summed E-state index contributed by atoms with van der Waals surface area (Å²) in [7, 11) is 1.30. The predicted octanol–water partition coefficient (Wildman–Crippen LogP) is 2.64. The lowest BCUT2D eigenvalue weighted by Crippen LogP contribution is -2.02. The molecule has 0 aliphatic carbocycles. The molecule has 0 radical (unpaired) electrons. The SMILES string of the molecule is COc1nc(F)c(C#N)c(-c2ccccc2)c1C#N. The largest absolute Gasteiger partial charge is 0.480 e. The number of hydrogen-bond donors (Lipinski definition) is 0. The molecule has 19 heavy (non-hydrogen) atoms. The van der Waals surface area contributed by atoms with Gasteiger partial charge in [-0.2, -0.15) is 19.9 Å². The average molecular weight is 253 g/mol. The summed E-state index contributed by atoms with van der Waals surface area (Å²) in [6.07, 6.45) is 0. The molecule has 0 atom stereocenters. The van der Waals surface area contributed by atoms with Gasteiger partial charge in [-0.05, 0) is 5.56 Å². The summed E-state index contributed by atoms with van der Waals surface area (Å²) in [5.74, 6) is -1.07. The van der Waals surface area contributed by atoms with E-state index in [0.717, 1.165) is 0 Å². The Hall–Kier alpha value is -2.92. The Morgan fingerprint density at radius 3 is 2.26 bits per heavy atom. The summed E-state index contributed by atoms with van der Waals surface area (Å²) in [6.45, 7) is 0. The summed E-state index contributed by atoms with van der Waals surface area (Å²) in [5, 5.41) is 18.3. The summed E-state index contributed by atoms with van der Waals surface area (Å²) in [5.41, 5.74) is 0.556. The molecule has 2 aromatic rings. The van der Waals surface area contributed by atoms with Crippen molar-refractivity contribution in [2.75, 3.05) is 7.11 Å². The molecule has 92 valence electrons. The smallest absolute Gasteiger partial charge is 0.234 e. The molecule has 0 unspecified atom stereocenters. The van der Waals surface area contributed by atoms with Crippen molar-refractivity contribution in [1.82, 2.24) is 4.98 Å². The van der Waals surface area contributed by atoms with Gasteiger partial charge in [-0.3, -0.25) is 0 Å². The Morgan fingerprint density at radius 1 is 1.11 bits per heavy atom. The van der Waals surface area contributed by atoms with Crippen LogP contribution in [0.25, 0.3) is 11.1 Å². The quantitative estimate of drug-likeness (QED) is 0.771. The molecule has 0 aliphatic rings. The number of ether oxygens (including phenoxy) is 1. The molecule has 5 heteroatoms. The molecule has 0 amide bonds. The van der Waals surface area contributed by atoms with E-state index in [-0.39, 0.29) is 22.6 Å². The fraction of sp³-hybridized carbons (Fsp3) is 0.0714. The molecule has 4 nitrogen and oxygen atoms in total. The highest BCUT2D eigenvalue weighted by Gasteiger charge is 2.21. The third kappa shape index (κ3) is 2.10. The topological polar surface area (TPSA) is 69.7 Å². The van der Waals surface area contributed by atoms with Gasteiger partial charge < -0.3 is 4.74 Å². The first-order valence-corrected chi connectivity index (χ1v) is 5.36.